The molecule has 1 aliphatic rings. The van der Waals surface area contributed by atoms with Gasteiger partial charge in [-0.25, -0.2) is 4.98 Å². The highest BCUT2D eigenvalue weighted by Gasteiger charge is 2.15. The molecule has 0 saturated heterocycles. The second-order valence-electron chi connectivity index (χ2n) is 6.80. The number of benzene rings is 1. The topological polar surface area (TPSA) is 80.9 Å². The minimum absolute atomic E-state index is 0.0208. The van der Waals surface area contributed by atoms with Crippen molar-refractivity contribution < 1.29 is 9.32 Å². The number of nitrogens with zero attached hydrogens (tertiary/aromatic N) is 3. The van der Waals surface area contributed by atoms with E-state index >= 15 is 0 Å². The SMILES string of the molecule is O=C(CCc1nc(-c2ccc(Cl)cc2)no1)NCCc1nc2c(s1)CCCC2. The van der Waals surface area contributed by atoms with Gasteiger partial charge in [0.25, 0.3) is 0 Å². The molecule has 0 fully saturated rings. The van der Waals surface area contributed by atoms with Crippen molar-refractivity contribution >= 4 is 28.8 Å². The molecule has 0 spiro atoms. The molecule has 4 rings (SSSR count). The molecule has 1 N–H and O–H groups in total. The Morgan fingerprint density at radius 3 is 2.79 bits per heavy atom. The fraction of sp³-hybridized carbons (Fsp3) is 0.400. The third-order valence-electron chi connectivity index (χ3n) is 4.69. The molecule has 0 saturated carbocycles. The summed E-state index contributed by atoms with van der Waals surface area (Å²) < 4.78 is 5.24. The Hall–Kier alpha value is -2.25. The molecule has 0 aliphatic heterocycles. The molecule has 1 amide bonds. The van der Waals surface area contributed by atoms with E-state index in [9.17, 15) is 4.79 Å². The van der Waals surface area contributed by atoms with Gasteiger partial charge in [0.15, 0.2) is 0 Å². The van der Waals surface area contributed by atoms with E-state index in [1.54, 1.807) is 23.5 Å². The van der Waals surface area contributed by atoms with Crippen molar-refractivity contribution in [2.75, 3.05) is 6.54 Å². The van der Waals surface area contributed by atoms with E-state index in [0.29, 0.717) is 36.1 Å². The van der Waals surface area contributed by atoms with Gasteiger partial charge in [0.2, 0.25) is 17.6 Å². The first-order chi connectivity index (χ1) is 13.7. The minimum atomic E-state index is -0.0208. The van der Waals surface area contributed by atoms with Gasteiger partial charge in [0, 0.05) is 41.3 Å². The van der Waals surface area contributed by atoms with Gasteiger partial charge in [-0.15, -0.1) is 11.3 Å². The predicted molar refractivity (Wildman–Crippen MR) is 109 cm³/mol. The molecule has 0 bridgehead atoms. The maximum Gasteiger partial charge on any atom is 0.227 e. The van der Waals surface area contributed by atoms with Crippen molar-refractivity contribution in [2.45, 2.75) is 44.9 Å². The fourth-order valence-corrected chi connectivity index (χ4v) is 4.49. The minimum Gasteiger partial charge on any atom is -0.356 e. The van der Waals surface area contributed by atoms with Gasteiger partial charge in [-0.2, -0.15) is 4.98 Å². The number of carbonyl (C=O) groups is 1. The van der Waals surface area contributed by atoms with Crippen LogP contribution in [0.1, 0.15) is 40.7 Å². The molecule has 0 unspecified atom stereocenters. The molecule has 2 aromatic heterocycles. The average molecular weight is 417 g/mol. The lowest BCUT2D eigenvalue weighted by Crippen LogP contribution is -2.25. The second kappa shape index (κ2) is 8.84. The molecule has 2 heterocycles. The van der Waals surface area contributed by atoms with Crippen LogP contribution in [0.5, 0.6) is 0 Å². The quantitative estimate of drug-likeness (QED) is 0.629. The van der Waals surface area contributed by atoms with Crippen LogP contribution < -0.4 is 5.32 Å². The van der Waals surface area contributed by atoms with E-state index in [-0.39, 0.29) is 5.91 Å². The van der Waals surface area contributed by atoms with Crippen LogP contribution in [0.3, 0.4) is 0 Å². The summed E-state index contributed by atoms with van der Waals surface area (Å²) >= 11 is 7.68. The monoisotopic (exact) mass is 416 g/mol. The Morgan fingerprint density at radius 1 is 1.14 bits per heavy atom. The second-order valence-corrected chi connectivity index (χ2v) is 8.41. The molecule has 8 heteroatoms. The maximum absolute atomic E-state index is 12.1. The largest absolute Gasteiger partial charge is 0.356 e. The number of fused-ring (bicyclic) bond motifs is 1. The Bertz CT molecular complexity index is 928. The van der Waals surface area contributed by atoms with Crippen LogP contribution in [-0.4, -0.2) is 27.6 Å². The van der Waals surface area contributed by atoms with E-state index in [4.69, 9.17) is 21.1 Å². The van der Waals surface area contributed by atoms with Gasteiger partial charge >= 0.3 is 0 Å². The van der Waals surface area contributed by atoms with E-state index in [1.165, 1.54) is 23.4 Å². The van der Waals surface area contributed by atoms with Crippen LogP contribution in [0.15, 0.2) is 28.8 Å². The first kappa shape index (κ1) is 19.1. The number of hydrogen-bond acceptors (Lipinski definition) is 6. The summed E-state index contributed by atoms with van der Waals surface area (Å²) in [6.07, 6.45) is 6.27. The Morgan fingerprint density at radius 2 is 1.96 bits per heavy atom. The van der Waals surface area contributed by atoms with Crippen LogP contribution in [0.4, 0.5) is 0 Å². The maximum atomic E-state index is 12.1. The van der Waals surface area contributed by atoms with Gasteiger partial charge < -0.3 is 9.84 Å². The number of aryl methyl sites for hydroxylation is 3. The zero-order chi connectivity index (χ0) is 19.3. The lowest BCUT2D eigenvalue weighted by Gasteiger charge is -2.06. The molecule has 6 nitrogen and oxygen atoms in total. The molecule has 0 radical (unpaired) electrons. The van der Waals surface area contributed by atoms with Crippen LogP contribution >= 0.6 is 22.9 Å². The summed E-state index contributed by atoms with van der Waals surface area (Å²) in [7, 11) is 0. The average Bonchev–Trinajstić information content (AvgIpc) is 3.33. The van der Waals surface area contributed by atoms with Crippen molar-refractivity contribution in [2.24, 2.45) is 0 Å². The van der Waals surface area contributed by atoms with Crippen molar-refractivity contribution in [1.82, 2.24) is 20.4 Å². The highest BCUT2D eigenvalue weighted by atomic mass is 35.5. The summed E-state index contributed by atoms with van der Waals surface area (Å²) in [5.41, 5.74) is 2.10. The van der Waals surface area contributed by atoms with Crippen molar-refractivity contribution in [3.8, 4) is 11.4 Å². The predicted octanol–water partition coefficient (Wildman–Crippen LogP) is 4.02. The van der Waals surface area contributed by atoms with Crippen LogP contribution in [0.2, 0.25) is 5.02 Å². The van der Waals surface area contributed by atoms with Crippen molar-refractivity contribution in [1.29, 1.82) is 0 Å². The van der Waals surface area contributed by atoms with Crippen LogP contribution in [0, 0.1) is 0 Å². The highest BCUT2D eigenvalue weighted by Crippen LogP contribution is 2.26. The summed E-state index contributed by atoms with van der Waals surface area (Å²) in [4.78, 5) is 22.6. The summed E-state index contributed by atoms with van der Waals surface area (Å²) in [6, 6.07) is 7.22. The van der Waals surface area contributed by atoms with E-state index < -0.39 is 0 Å². The third-order valence-corrected chi connectivity index (χ3v) is 6.16. The summed E-state index contributed by atoms with van der Waals surface area (Å²) in [6.45, 7) is 0.602. The molecular formula is C20H21ClN4O2S. The standard InChI is InChI=1S/C20H21ClN4O2S/c21-14-7-5-13(6-8-14)20-24-18(27-25-20)10-9-17(26)22-12-11-19-23-15-3-1-2-4-16(15)28-19/h5-8H,1-4,9-12H2,(H,22,26). The van der Waals surface area contributed by atoms with Crippen molar-refractivity contribution in [3.05, 3.63) is 50.8 Å². The van der Waals surface area contributed by atoms with Gasteiger partial charge in [0.1, 0.15) is 0 Å². The Balaban J connectivity index is 1.21. The number of carbonyl (C=O) groups excluding carboxylic acids is 1. The van der Waals surface area contributed by atoms with Crippen LogP contribution in [0.25, 0.3) is 11.4 Å². The zero-order valence-corrected chi connectivity index (χ0v) is 17.0. The number of amides is 1. The Kier molecular flexibility index (Phi) is 6.02. The summed E-state index contributed by atoms with van der Waals surface area (Å²) in [5.74, 6) is 0.931. The van der Waals surface area contributed by atoms with Crippen molar-refractivity contribution in [3.63, 3.8) is 0 Å². The van der Waals surface area contributed by atoms with E-state index in [1.807, 2.05) is 12.1 Å². The molecule has 146 valence electrons. The molecule has 1 aliphatic carbocycles. The number of thiazole rings is 1. The number of nitrogens with one attached hydrogen (secondary N) is 1. The Labute approximate surface area is 172 Å². The van der Waals surface area contributed by atoms with Gasteiger partial charge in [-0.3, -0.25) is 4.79 Å². The highest BCUT2D eigenvalue weighted by molar-refractivity contribution is 7.11. The number of aromatic nitrogens is 3. The summed E-state index contributed by atoms with van der Waals surface area (Å²) in [5, 5.41) is 8.69. The zero-order valence-electron chi connectivity index (χ0n) is 15.4. The first-order valence-corrected chi connectivity index (χ1v) is 10.7. The third kappa shape index (κ3) is 4.77. The number of rotatable bonds is 7. The van der Waals surface area contributed by atoms with Gasteiger partial charge in [-0.1, -0.05) is 16.8 Å². The molecule has 1 aromatic carbocycles. The fourth-order valence-electron chi connectivity index (χ4n) is 3.20. The van der Waals surface area contributed by atoms with Gasteiger partial charge in [0.05, 0.1) is 10.7 Å². The molecule has 28 heavy (non-hydrogen) atoms. The van der Waals surface area contributed by atoms with Gasteiger partial charge in [-0.05, 0) is 49.9 Å². The van der Waals surface area contributed by atoms with E-state index in [2.05, 4.69) is 15.5 Å². The normalized spacial score (nSPS) is 13.3. The van der Waals surface area contributed by atoms with E-state index in [0.717, 1.165) is 29.8 Å². The first-order valence-electron chi connectivity index (χ1n) is 9.50. The lowest BCUT2D eigenvalue weighted by molar-refractivity contribution is -0.121. The number of hydrogen-bond donors (Lipinski definition) is 1. The number of halogens is 1. The van der Waals surface area contributed by atoms with Crippen LogP contribution in [-0.2, 0) is 30.5 Å². The molecule has 3 aromatic rings. The molecular weight excluding hydrogens is 396 g/mol. The smallest absolute Gasteiger partial charge is 0.227 e. The molecule has 0 atom stereocenters. The lowest BCUT2D eigenvalue weighted by atomic mass is 10.0.